The second-order valence-corrected chi connectivity index (χ2v) is 13.2. The van der Waals surface area contributed by atoms with Crippen molar-refractivity contribution >= 4 is 49.1 Å². The lowest BCUT2D eigenvalue weighted by Crippen LogP contribution is -2.66. The van der Waals surface area contributed by atoms with Gasteiger partial charge < -0.3 is 30.3 Å². The van der Waals surface area contributed by atoms with Crippen molar-refractivity contribution in [1.29, 1.82) is 5.26 Å². The van der Waals surface area contributed by atoms with Gasteiger partial charge in [0.2, 0.25) is 5.91 Å². The summed E-state index contributed by atoms with van der Waals surface area (Å²) in [7, 11) is 1.46. The Morgan fingerprint density at radius 1 is 1.21 bits per heavy atom. The predicted molar refractivity (Wildman–Crippen MR) is 164 cm³/mol. The molecular formula is C31H28F5N7O3S. The summed E-state index contributed by atoms with van der Waals surface area (Å²) in [5.74, 6) is -2.22. The number of carbonyl (C=O) groups is 1. The fourth-order valence-electron chi connectivity index (χ4n) is 6.81. The van der Waals surface area contributed by atoms with E-state index in [1.807, 2.05) is 11.0 Å². The molecule has 2 bridgehead atoms. The number of alkyl halides is 3. The monoisotopic (exact) mass is 673 g/mol. The summed E-state index contributed by atoms with van der Waals surface area (Å²) in [6.45, 7) is 2.62. The Balaban J connectivity index is 1.44. The van der Waals surface area contributed by atoms with Gasteiger partial charge in [-0.3, -0.25) is 4.79 Å². The maximum Gasteiger partial charge on any atom is 0.417 e. The summed E-state index contributed by atoms with van der Waals surface area (Å²) in [6, 6.07) is 4.41. The lowest BCUT2D eigenvalue weighted by Gasteiger charge is -2.47. The number of likely N-dealkylation sites (tertiary alicyclic amines) is 1. The summed E-state index contributed by atoms with van der Waals surface area (Å²) >= 11 is 0.694. The number of hydrogen-bond acceptors (Lipinski definition) is 10. The molecule has 246 valence electrons. The number of ether oxygens (including phenoxy) is 2. The van der Waals surface area contributed by atoms with Crippen molar-refractivity contribution < 1.29 is 36.2 Å². The third kappa shape index (κ3) is 5.17. The minimum absolute atomic E-state index is 0.0691. The first-order chi connectivity index (χ1) is 22.3. The molecular weight excluding hydrogens is 645 g/mol. The zero-order valence-electron chi connectivity index (χ0n) is 25.2. The number of halogens is 5. The van der Waals surface area contributed by atoms with E-state index >= 15 is 4.39 Å². The average Bonchev–Trinajstić information content (AvgIpc) is 3.53. The van der Waals surface area contributed by atoms with Gasteiger partial charge in [0.1, 0.15) is 40.4 Å². The van der Waals surface area contributed by atoms with Crippen molar-refractivity contribution in [3.8, 4) is 23.2 Å². The zero-order valence-corrected chi connectivity index (χ0v) is 26.0. The van der Waals surface area contributed by atoms with Crippen LogP contribution in [0.3, 0.4) is 0 Å². The third-order valence-corrected chi connectivity index (χ3v) is 10.2. The highest BCUT2D eigenvalue weighted by Gasteiger charge is 2.46. The molecule has 1 amide bonds. The standard InChI is InChI=1S/C31H28F5N7O3S/c1-14(44)43-11-30(12-43,45-2)13-46-29-40-25-18(28(41-29)42-9-15-3-4-16(10-42)39-15)7-20(31(34,35)36)23(24(25)33)17-5-6-21(32)26-22(17)19(8-37)27(38)47-26/h5-7,15-16,39H,3-4,9-13,38H2,1-2H3. The second kappa shape index (κ2) is 11.1. The zero-order chi connectivity index (χ0) is 33.4. The number of hydrogen-bond donors (Lipinski definition) is 2. The Morgan fingerprint density at radius 3 is 2.53 bits per heavy atom. The van der Waals surface area contributed by atoms with E-state index < -0.39 is 40.1 Å². The van der Waals surface area contributed by atoms with E-state index in [4.69, 9.17) is 15.2 Å². The smallest absolute Gasteiger partial charge is 0.417 e. The molecule has 3 N–H and O–H groups in total. The average molecular weight is 674 g/mol. The van der Waals surface area contributed by atoms with Gasteiger partial charge in [0.05, 0.1) is 28.9 Å². The molecule has 3 fully saturated rings. The number of rotatable bonds is 6. The summed E-state index contributed by atoms with van der Waals surface area (Å²) in [6.07, 6.45) is -3.32. The summed E-state index contributed by atoms with van der Waals surface area (Å²) in [5.41, 5.74) is 1.78. The number of fused-ring (bicyclic) bond motifs is 4. The van der Waals surface area contributed by atoms with Crippen LogP contribution in [0.5, 0.6) is 6.01 Å². The second-order valence-electron chi connectivity index (χ2n) is 12.2. The van der Waals surface area contributed by atoms with Gasteiger partial charge >= 0.3 is 12.2 Å². The van der Waals surface area contributed by atoms with Crippen LogP contribution in [0, 0.1) is 23.0 Å². The Labute approximate surface area is 268 Å². The van der Waals surface area contributed by atoms with E-state index in [2.05, 4.69) is 15.3 Å². The molecule has 7 rings (SSSR count). The number of nitrogens with one attached hydrogen (secondary N) is 1. The number of nitrogen functional groups attached to an aromatic ring is 1. The van der Waals surface area contributed by atoms with E-state index in [1.54, 1.807) is 4.90 Å². The molecule has 2 atom stereocenters. The number of thiophene rings is 1. The molecule has 2 aromatic heterocycles. The van der Waals surface area contributed by atoms with E-state index in [1.165, 1.54) is 14.0 Å². The molecule has 0 radical (unpaired) electrons. The molecule has 0 saturated carbocycles. The fraction of sp³-hybridized carbons (Fsp3) is 0.419. The van der Waals surface area contributed by atoms with Crippen molar-refractivity contribution in [1.82, 2.24) is 20.2 Å². The lowest BCUT2D eigenvalue weighted by molar-refractivity contribution is -0.167. The number of nitrogens with zero attached hydrogens (tertiary/aromatic N) is 5. The molecule has 2 unspecified atom stereocenters. The van der Waals surface area contributed by atoms with Crippen LogP contribution in [0.4, 0.5) is 32.8 Å². The van der Waals surface area contributed by atoms with Crippen molar-refractivity contribution in [3.05, 3.63) is 41.0 Å². The molecule has 0 aliphatic carbocycles. The normalized spacial score (nSPS) is 20.5. The van der Waals surface area contributed by atoms with Gasteiger partial charge in [0.15, 0.2) is 5.82 Å². The van der Waals surface area contributed by atoms with Crippen LogP contribution in [0.2, 0.25) is 0 Å². The van der Waals surface area contributed by atoms with Gasteiger partial charge in [0.25, 0.3) is 0 Å². The molecule has 16 heteroatoms. The number of carbonyl (C=O) groups excluding carboxylic acids is 1. The van der Waals surface area contributed by atoms with Crippen molar-refractivity contribution in [2.45, 2.75) is 43.6 Å². The largest absolute Gasteiger partial charge is 0.460 e. The molecule has 3 aliphatic rings. The SMILES string of the molecule is COC1(COc2nc(N3CC4CCC(C3)N4)c3cc(C(F)(F)F)c(-c4ccc(F)c5sc(N)c(C#N)c45)c(F)c3n2)CN(C(C)=O)C1. The molecule has 2 aromatic carbocycles. The Morgan fingerprint density at radius 2 is 1.91 bits per heavy atom. The number of amides is 1. The Bertz CT molecular complexity index is 1980. The molecule has 4 aromatic rings. The van der Waals surface area contributed by atoms with Gasteiger partial charge in [-0.05, 0) is 30.5 Å². The van der Waals surface area contributed by atoms with Crippen LogP contribution in [0.1, 0.15) is 30.9 Å². The van der Waals surface area contributed by atoms with Crippen molar-refractivity contribution in [3.63, 3.8) is 0 Å². The number of benzene rings is 2. The molecule has 47 heavy (non-hydrogen) atoms. The Kier molecular flexibility index (Phi) is 7.41. The minimum Gasteiger partial charge on any atom is -0.460 e. The van der Waals surface area contributed by atoms with Crippen LogP contribution < -0.4 is 20.7 Å². The van der Waals surface area contributed by atoms with E-state index in [0.29, 0.717) is 24.4 Å². The van der Waals surface area contributed by atoms with Crippen LogP contribution in [-0.4, -0.2) is 78.4 Å². The number of methoxy groups -OCH3 is 1. The summed E-state index contributed by atoms with van der Waals surface area (Å²) < 4.78 is 87.7. The third-order valence-electron chi connectivity index (χ3n) is 9.21. The maximum atomic E-state index is 16.9. The molecule has 5 heterocycles. The molecule has 10 nitrogen and oxygen atoms in total. The minimum atomic E-state index is -5.06. The van der Waals surface area contributed by atoms with E-state index in [0.717, 1.165) is 31.0 Å². The number of anilines is 2. The van der Waals surface area contributed by atoms with Gasteiger partial charge in [-0.1, -0.05) is 6.07 Å². The van der Waals surface area contributed by atoms with E-state index in [-0.39, 0.29) is 81.1 Å². The predicted octanol–water partition coefficient (Wildman–Crippen LogP) is 4.83. The number of nitriles is 1. The number of nitrogens with two attached hydrogens (primary N) is 1. The maximum absolute atomic E-state index is 16.9. The van der Waals surface area contributed by atoms with Crippen LogP contribution in [0.25, 0.3) is 32.1 Å². The highest BCUT2D eigenvalue weighted by molar-refractivity contribution is 7.23. The number of aromatic nitrogens is 2. The van der Waals surface area contributed by atoms with E-state index in [9.17, 15) is 27.6 Å². The van der Waals surface area contributed by atoms with Gasteiger partial charge in [-0.2, -0.15) is 28.4 Å². The topological polar surface area (TPSA) is 130 Å². The quantitative estimate of drug-likeness (QED) is 0.277. The number of piperazine rings is 1. The Hall–Kier alpha value is -4.33. The van der Waals surface area contributed by atoms with Crippen LogP contribution in [-0.2, 0) is 15.7 Å². The first kappa shape index (κ1) is 31.3. The van der Waals surface area contributed by atoms with Crippen molar-refractivity contribution in [2.75, 3.05) is 50.5 Å². The molecule has 3 saturated heterocycles. The van der Waals surface area contributed by atoms with Gasteiger partial charge in [0, 0.05) is 55.5 Å². The van der Waals surface area contributed by atoms with Gasteiger partial charge in [-0.15, -0.1) is 11.3 Å². The molecule has 0 spiro atoms. The lowest BCUT2D eigenvalue weighted by atomic mass is 9.92. The first-order valence-corrected chi connectivity index (χ1v) is 15.6. The van der Waals surface area contributed by atoms with Crippen LogP contribution >= 0.6 is 11.3 Å². The first-order valence-electron chi connectivity index (χ1n) is 14.8. The van der Waals surface area contributed by atoms with Crippen LogP contribution in [0.15, 0.2) is 18.2 Å². The summed E-state index contributed by atoms with van der Waals surface area (Å²) in [4.78, 5) is 23.9. The fourth-order valence-corrected chi connectivity index (χ4v) is 7.76. The summed E-state index contributed by atoms with van der Waals surface area (Å²) in [5, 5.41) is 12.7. The van der Waals surface area contributed by atoms with Gasteiger partial charge in [-0.25, -0.2) is 8.78 Å². The highest BCUT2D eigenvalue weighted by Crippen LogP contribution is 2.48. The molecule has 3 aliphatic heterocycles. The van der Waals surface area contributed by atoms with Crippen molar-refractivity contribution in [2.24, 2.45) is 0 Å². The highest BCUT2D eigenvalue weighted by atomic mass is 32.1.